The highest BCUT2D eigenvalue weighted by Gasteiger charge is 2.25. The molecule has 1 aliphatic carbocycles. The number of epoxide rings is 2. The second kappa shape index (κ2) is 12.3. The van der Waals surface area contributed by atoms with Crippen LogP contribution < -0.4 is 9.47 Å². The third-order valence-electron chi connectivity index (χ3n) is 7.91. The van der Waals surface area contributed by atoms with Gasteiger partial charge in [0.05, 0.1) is 13.2 Å². The van der Waals surface area contributed by atoms with Gasteiger partial charge in [-0.25, -0.2) is 0 Å². The molecule has 4 unspecified atom stereocenters. The highest BCUT2D eigenvalue weighted by Crippen LogP contribution is 2.38. The van der Waals surface area contributed by atoms with Crippen molar-refractivity contribution in [2.75, 3.05) is 26.4 Å². The van der Waals surface area contributed by atoms with E-state index in [4.69, 9.17) is 18.9 Å². The van der Waals surface area contributed by atoms with Gasteiger partial charge in [-0.3, -0.25) is 0 Å². The summed E-state index contributed by atoms with van der Waals surface area (Å²) < 4.78 is 22.6. The normalized spacial score (nSPS) is 23.6. The van der Waals surface area contributed by atoms with Crippen molar-refractivity contribution in [3.63, 3.8) is 0 Å². The Morgan fingerprint density at radius 1 is 0.944 bits per heavy atom. The zero-order valence-electron chi connectivity index (χ0n) is 22.0. The van der Waals surface area contributed by atoms with Crippen molar-refractivity contribution in [1.29, 1.82) is 0 Å². The number of ether oxygens (including phenoxy) is 4. The Bertz CT molecular complexity index is 1000. The molecule has 2 aromatic carbocycles. The molecule has 0 saturated carbocycles. The first-order valence-corrected chi connectivity index (χ1v) is 14.1. The summed E-state index contributed by atoms with van der Waals surface area (Å²) in [6, 6.07) is 15.6. The van der Waals surface area contributed by atoms with Gasteiger partial charge in [0.15, 0.2) is 0 Å². The van der Waals surface area contributed by atoms with Crippen LogP contribution in [0.1, 0.15) is 81.4 Å². The molecule has 2 heterocycles. The number of hydrogen-bond acceptors (Lipinski definition) is 4. The van der Waals surface area contributed by atoms with Crippen molar-refractivity contribution in [2.24, 2.45) is 5.92 Å². The van der Waals surface area contributed by atoms with E-state index in [9.17, 15) is 0 Å². The second-order valence-corrected chi connectivity index (χ2v) is 10.7. The van der Waals surface area contributed by atoms with Crippen molar-refractivity contribution in [2.45, 2.75) is 83.3 Å². The Hall–Kier alpha value is -2.30. The molecule has 0 radical (unpaired) electrons. The quantitative estimate of drug-likeness (QED) is 0.260. The first-order valence-electron chi connectivity index (χ1n) is 14.1. The minimum absolute atomic E-state index is 0.283. The van der Waals surface area contributed by atoms with Crippen LogP contribution in [0.5, 0.6) is 11.5 Å². The van der Waals surface area contributed by atoms with E-state index in [2.05, 4.69) is 62.4 Å². The molecule has 2 aromatic rings. The zero-order chi connectivity index (χ0) is 24.7. The molecule has 0 amide bonds. The molecule has 2 aliphatic heterocycles. The van der Waals surface area contributed by atoms with E-state index >= 15 is 0 Å². The molecule has 4 nitrogen and oxygen atoms in total. The van der Waals surface area contributed by atoms with Gasteiger partial charge >= 0.3 is 0 Å². The van der Waals surface area contributed by atoms with Gasteiger partial charge in [-0.1, -0.05) is 63.8 Å². The van der Waals surface area contributed by atoms with Crippen LogP contribution in [0, 0.1) is 5.92 Å². The van der Waals surface area contributed by atoms with Crippen molar-refractivity contribution >= 4 is 5.57 Å². The number of rotatable bonds is 14. The summed E-state index contributed by atoms with van der Waals surface area (Å²) in [4.78, 5) is 0. The van der Waals surface area contributed by atoms with E-state index in [1.807, 2.05) is 0 Å². The predicted molar refractivity (Wildman–Crippen MR) is 145 cm³/mol. The molecular formula is C32H42O4. The molecule has 36 heavy (non-hydrogen) atoms. The molecule has 4 atom stereocenters. The monoisotopic (exact) mass is 490 g/mol. The summed E-state index contributed by atoms with van der Waals surface area (Å²) in [7, 11) is 0. The van der Waals surface area contributed by atoms with Crippen LogP contribution in [-0.2, 0) is 15.9 Å². The lowest BCUT2D eigenvalue weighted by molar-refractivity contribution is 0.260. The fourth-order valence-corrected chi connectivity index (χ4v) is 5.27. The van der Waals surface area contributed by atoms with Crippen LogP contribution in [-0.4, -0.2) is 38.6 Å². The van der Waals surface area contributed by atoms with Crippen molar-refractivity contribution in [1.82, 2.24) is 0 Å². The minimum Gasteiger partial charge on any atom is -0.491 e. The number of hydrogen-bond donors (Lipinski definition) is 0. The largest absolute Gasteiger partial charge is 0.491 e. The molecule has 4 heteroatoms. The lowest BCUT2D eigenvalue weighted by Crippen LogP contribution is -2.10. The van der Waals surface area contributed by atoms with Crippen LogP contribution in [0.4, 0.5) is 0 Å². The molecule has 2 saturated heterocycles. The maximum absolute atomic E-state index is 6.21. The first-order chi connectivity index (χ1) is 17.7. The highest BCUT2D eigenvalue weighted by molar-refractivity contribution is 5.68. The van der Waals surface area contributed by atoms with E-state index in [0.717, 1.165) is 44.0 Å². The molecule has 2 fully saturated rings. The smallest absolute Gasteiger partial charge is 0.122 e. The van der Waals surface area contributed by atoms with Crippen molar-refractivity contribution in [3.05, 3.63) is 65.2 Å². The fourth-order valence-electron chi connectivity index (χ4n) is 5.27. The van der Waals surface area contributed by atoms with E-state index < -0.39 is 0 Å². The topological polar surface area (TPSA) is 43.5 Å². The standard InChI is InChI=1S/C32H42O4/c1-3-5-6-23(4-2)17-28-18-27(13-16-32(28)36-22-31-21-35-31)26-9-7-24(8-10-26)25-11-14-29(15-12-25)33-19-30-20-34-30/h9,11-16,18,23-24,30-31H,3-8,10,17,19-22H2,1-2H3. The molecule has 0 spiro atoms. The van der Waals surface area contributed by atoms with Crippen LogP contribution in [0.2, 0.25) is 0 Å². The molecule has 0 aromatic heterocycles. The van der Waals surface area contributed by atoms with Crippen LogP contribution in [0.15, 0.2) is 48.5 Å². The average Bonchev–Trinajstić information content (AvgIpc) is 3.85. The SMILES string of the molecule is CCCCC(CC)Cc1cc(C2=CCC(c3ccc(OCC4CO4)cc3)CC2)ccc1OCC1CO1. The van der Waals surface area contributed by atoms with E-state index in [-0.39, 0.29) is 6.10 Å². The Labute approximate surface area is 217 Å². The zero-order valence-corrected chi connectivity index (χ0v) is 22.0. The van der Waals surface area contributed by atoms with Crippen molar-refractivity contribution in [3.8, 4) is 11.5 Å². The van der Waals surface area contributed by atoms with Gasteiger partial charge in [-0.05, 0) is 84.0 Å². The third kappa shape index (κ3) is 7.14. The van der Waals surface area contributed by atoms with E-state index in [0.29, 0.717) is 31.2 Å². The van der Waals surface area contributed by atoms with Gasteiger partial charge in [-0.2, -0.15) is 0 Å². The summed E-state index contributed by atoms with van der Waals surface area (Å²) in [5, 5.41) is 0. The summed E-state index contributed by atoms with van der Waals surface area (Å²) in [5.74, 6) is 3.28. The molecule has 194 valence electrons. The molecule has 0 bridgehead atoms. The Kier molecular flexibility index (Phi) is 8.66. The lowest BCUT2D eigenvalue weighted by Gasteiger charge is -2.24. The summed E-state index contributed by atoms with van der Waals surface area (Å²) >= 11 is 0. The number of allylic oxidation sites excluding steroid dienone is 2. The lowest BCUT2D eigenvalue weighted by atomic mass is 9.82. The highest BCUT2D eigenvalue weighted by atomic mass is 16.6. The fraction of sp³-hybridized carbons (Fsp3) is 0.562. The second-order valence-electron chi connectivity index (χ2n) is 10.7. The molecular weight excluding hydrogens is 448 g/mol. The molecule has 0 N–H and O–H groups in total. The van der Waals surface area contributed by atoms with Gasteiger partial charge in [-0.15, -0.1) is 0 Å². The summed E-state index contributed by atoms with van der Waals surface area (Å²) in [6.45, 7) is 7.60. The first kappa shape index (κ1) is 25.4. The maximum Gasteiger partial charge on any atom is 0.122 e. The number of unbranched alkanes of at least 4 members (excludes halogenated alkanes) is 1. The Morgan fingerprint density at radius 2 is 1.69 bits per heavy atom. The predicted octanol–water partition coefficient (Wildman–Crippen LogP) is 7.35. The summed E-state index contributed by atoms with van der Waals surface area (Å²) in [6.07, 6.45) is 12.6. The van der Waals surface area contributed by atoms with Crippen molar-refractivity contribution < 1.29 is 18.9 Å². The Balaban J connectivity index is 1.24. The van der Waals surface area contributed by atoms with E-state index in [1.54, 1.807) is 0 Å². The minimum atomic E-state index is 0.283. The third-order valence-corrected chi connectivity index (χ3v) is 7.91. The Morgan fingerprint density at radius 3 is 2.33 bits per heavy atom. The summed E-state index contributed by atoms with van der Waals surface area (Å²) in [5.41, 5.74) is 5.63. The molecule has 5 rings (SSSR count). The van der Waals surface area contributed by atoms with Gasteiger partial charge in [0.1, 0.15) is 36.9 Å². The van der Waals surface area contributed by atoms with Gasteiger partial charge in [0.2, 0.25) is 0 Å². The van der Waals surface area contributed by atoms with Crippen LogP contribution in [0.25, 0.3) is 5.57 Å². The van der Waals surface area contributed by atoms with Gasteiger partial charge in [0.25, 0.3) is 0 Å². The van der Waals surface area contributed by atoms with Gasteiger partial charge < -0.3 is 18.9 Å². The molecule has 3 aliphatic rings. The number of benzene rings is 2. The maximum atomic E-state index is 6.21. The average molecular weight is 491 g/mol. The van der Waals surface area contributed by atoms with E-state index in [1.165, 1.54) is 54.4 Å². The van der Waals surface area contributed by atoms with Gasteiger partial charge in [0, 0.05) is 0 Å². The van der Waals surface area contributed by atoms with Crippen LogP contribution in [0.3, 0.4) is 0 Å². The van der Waals surface area contributed by atoms with Crippen LogP contribution >= 0.6 is 0 Å².